The van der Waals surface area contributed by atoms with Gasteiger partial charge in [0, 0.05) is 24.6 Å². The second kappa shape index (κ2) is 9.55. The van der Waals surface area contributed by atoms with Gasteiger partial charge in [0.2, 0.25) is 5.78 Å². The van der Waals surface area contributed by atoms with Gasteiger partial charge in [-0.05, 0) is 48.4 Å². The lowest BCUT2D eigenvalue weighted by Gasteiger charge is -2.27. The minimum Gasteiger partial charge on any atom is -0.503 e. The molecule has 0 fully saturated rings. The highest BCUT2D eigenvalue weighted by Gasteiger charge is 2.45. The van der Waals surface area contributed by atoms with Crippen molar-refractivity contribution in [2.75, 3.05) is 14.2 Å². The molecule has 1 amide bonds. The monoisotopic (exact) mass is 540 g/mol. The van der Waals surface area contributed by atoms with Crippen molar-refractivity contribution < 1.29 is 24.2 Å². The lowest BCUT2D eigenvalue weighted by molar-refractivity contribution is -0.130. The number of aryl methyl sites for hydroxylation is 1. The standard InChI is InChI=1S/C29H24N4O5S/c1-16-27(39-29-31-19-8-4-5-9-20(19)33(16)29)25(34)23-24(18-10-11-21(37-2)22(13-18)38-3)32(28(36)26(23)35)15-17-7-6-12-30-14-17/h4-14,24,35H,15H2,1-3H3. The van der Waals surface area contributed by atoms with E-state index in [2.05, 4.69) is 9.97 Å². The molecule has 0 aliphatic carbocycles. The number of carbonyl (C=O) groups is 2. The van der Waals surface area contributed by atoms with E-state index in [9.17, 15) is 14.7 Å². The first-order chi connectivity index (χ1) is 18.9. The van der Waals surface area contributed by atoms with Gasteiger partial charge < -0.3 is 19.5 Å². The van der Waals surface area contributed by atoms with E-state index in [4.69, 9.17) is 9.47 Å². The Hall–Kier alpha value is -4.70. The Morgan fingerprint density at radius 1 is 1.08 bits per heavy atom. The van der Waals surface area contributed by atoms with Crippen LogP contribution in [0.2, 0.25) is 0 Å². The van der Waals surface area contributed by atoms with Crippen molar-refractivity contribution in [3.8, 4) is 11.5 Å². The van der Waals surface area contributed by atoms with Gasteiger partial charge in [-0.2, -0.15) is 0 Å². The van der Waals surface area contributed by atoms with Gasteiger partial charge in [0.25, 0.3) is 5.91 Å². The highest BCUT2D eigenvalue weighted by atomic mass is 32.1. The molecule has 9 nitrogen and oxygen atoms in total. The molecule has 0 spiro atoms. The highest BCUT2D eigenvalue weighted by Crippen LogP contribution is 2.43. The van der Waals surface area contributed by atoms with Crippen molar-refractivity contribution in [1.82, 2.24) is 19.3 Å². The third-order valence-electron chi connectivity index (χ3n) is 6.94. The third-order valence-corrected chi connectivity index (χ3v) is 8.08. The predicted molar refractivity (Wildman–Crippen MR) is 146 cm³/mol. The van der Waals surface area contributed by atoms with E-state index >= 15 is 0 Å². The van der Waals surface area contributed by atoms with Crippen LogP contribution in [0.15, 0.2) is 78.3 Å². The average Bonchev–Trinajstić information content (AvgIpc) is 3.57. The number of nitrogens with zero attached hydrogens (tertiary/aromatic N) is 4. The second-order valence-corrected chi connectivity index (χ2v) is 10.1. The molecular weight excluding hydrogens is 516 g/mol. The maximum Gasteiger partial charge on any atom is 0.290 e. The fourth-order valence-corrected chi connectivity index (χ4v) is 6.20. The van der Waals surface area contributed by atoms with Gasteiger partial charge in [-0.1, -0.05) is 35.6 Å². The molecule has 0 bridgehead atoms. The number of rotatable bonds is 7. The SMILES string of the molecule is COc1ccc(C2C(C(=O)c3sc4nc5ccccc5n4c3C)=C(O)C(=O)N2Cc2cccnc2)cc1OC. The highest BCUT2D eigenvalue weighted by molar-refractivity contribution is 7.19. The number of pyridine rings is 1. The number of methoxy groups -OCH3 is 2. The van der Waals surface area contributed by atoms with E-state index in [1.165, 1.54) is 30.5 Å². The number of carbonyl (C=O) groups excluding carboxylic acids is 2. The van der Waals surface area contributed by atoms with Crippen LogP contribution in [0.25, 0.3) is 16.0 Å². The van der Waals surface area contributed by atoms with Crippen molar-refractivity contribution in [2.24, 2.45) is 0 Å². The summed E-state index contributed by atoms with van der Waals surface area (Å²) >= 11 is 1.24. The molecule has 1 aliphatic heterocycles. The quantitative estimate of drug-likeness (QED) is 0.288. The second-order valence-electron chi connectivity index (χ2n) is 9.14. The summed E-state index contributed by atoms with van der Waals surface area (Å²) in [4.78, 5) is 39.0. The molecule has 10 heteroatoms. The van der Waals surface area contributed by atoms with E-state index in [0.717, 1.165) is 16.6 Å². The molecule has 1 atom stereocenters. The zero-order valence-corrected chi connectivity index (χ0v) is 22.2. The van der Waals surface area contributed by atoms with Crippen molar-refractivity contribution in [3.63, 3.8) is 0 Å². The number of fused-ring (bicyclic) bond motifs is 3. The summed E-state index contributed by atoms with van der Waals surface area (Å²) in [7, 11) is 3.05. The number of amides is 1. The summed E-state index contributed by atoms with van der Waals surface area (Å²) in [5.41, 5.74) is 3.77. The van der Waals surface area contributed by atoms with E-state index in [-0.39, 0.29) is 12.1 Å². The predicted octanol–water partition coefficient (Wildman–Crippen LogP) is 5.05. The molecule has 4 heterocycles. The maximum absolute atomic E-state index is 14.2. The van der Waals surface area contributed by atoms with Crippen LogP contribution in [-0.2, 0) is 11.3 Å². The number of para-hydroxylation sites is 2. The molecule has 6 rings (SSSR count). The number of aliphatic hydroxyl groups excluding tert-OH is 1. The first-order valence-electron chi connectivity index (χ1n) is 12.2. The molecular formula is C29H24N4O5S. The molecule has 1 unspecified atom stereocenters. The molecule has 0 saturated heterocycles. The fourth-order valence-electron chi connectivity index (χ4n) is 5.10. The number of imidazole rings is 1. The van der Waals surface area contributed by atoms with Gasteiger partial charge in [0.1, 0.15) is 0 Å². The van der Waals surface area contributed by atoms with E-state index in [1.54, 1.807) is 36.7 Å². The average molecular weight is 541 g/mol. The van der Waals surface area contributed by atoms with Gasteiger partial charge in [0.05, 0.1) is 41.7 Å². The number of aliphatic hydroxyl groups is 1. The lowest BCUT2D eigenvalue weighted by atomic mass is 9.94. The van der Waals surface area contributed by atoms with Crippen LogP contribution in [0.4, 0.5) is 0 Å². The summed E-state index contributed by atoms with van der Waals surface area (Å²) in [6, 6.07) is 15.7. The Kier molecular flexibility index (Phi) is 6.03. The van der Waals surface area contributed by atoms with Crippen LogP contribution in [0.5, 0.6) is 11.5 Å². The van der Waals surface area contributed by atoms with Crippen LogP contribution in [0.1, 0.15) is 32.5 Å². The van der Waals surface area contributed by atoms with Gasteiger partial charge in [0.15, 0.2) is 22.2 Å². The summed E-state index contributed by atoms with van der Waals surface area (Å²) in [6.45, 7) is 1.99. The molecule has 2 aromatic carbocycles. The molecule has 196 valence electrons. The normalized spacial score (nSPS) is 15.5. The number of ketones is 1. The van der Waals surface area contributed by atoms with Gasteiger partial charge in [-0.25, -0.2) is 4.98 Å². The van der Waals surface area contributed by atoms with Crippen molar-refractivity contribution in [3.05, 3.63) is 100 Å². The number of ether oxygens (including phenoxy) is 2. The molecule has 3 aromatic heterocycles. The van der Waals surface area contributed by atoms with Crippen molar-refractivity contribution >= 4 is 39.0 Å². The fraction of sp³-hybridized carbons (Fsp3) is 0.172. The third kappa shape index (κ3) is 3.91. The Morgan fingerprint density at radius 2 is 1.87 bits per heavy atom. The molecule has 5 aromatic rings. The lowest BCUT2D eigenvalue weighted by Crippen LogP contribution is -2.30. The van der Waals surface area contributed by atoms with Crippen LogP contribution < -0.4 is 9.47 Å². The zero-order chi connectivity index (χ0) is 27.3. The van der Waals surface area contributed by atoms with Crippen molar-refractivity contribution in [1.29, 1.82) is 0 Å². The summed E-state index contributed by atoms with van der Waals surface area (Å²) in [6.07, 6.45) is 3.30. The Morgan fingerprint density at radius 3 is 2.62 bits per heavy atom. The molecule has 0 radical (unpaired) electrons. The van der Waals surface area contributed by atoms with Crippen LogP contribution >= 0.6 is 11.3 Å². The Balaban J connectivity index is 1.49. The van der Waals surface area contributed by atoms with Crippen LogP contribution in [0, 0.1) is 6.92 Å². The van der Waals surface area contributed by atoms with Gasteiger partial charge >= 0.3 is 0 Å². The summed E-state index contributed by atoms with van der Waals surface area (Å²) in [5, 5.41) is 11.2. The number of hydrogen-bond acceptors (Lipinski definition) is 8. The number of thiazole rings is 1. The Bertz CT molecular complexity index is 1790. The van der Waals surface area contributed by atoms with E-state index in [1.807, 2.05) is 41.7 Å². The number of hydrogen-bond donors (Lipinski definition) is 1. The maximum atomic E-state index is 14.2. The minimum absolute atomic E-state index is 0.00742. The first-order valence-corrected chi connectivity index (χ1v) is 13.0. The number of benzene rings is 2. The topological polar surface area (TPSA) is 106 Å². The first kappa shape index (κ1) is 24.6. The van der Waals surface area contributed by atoms with E-state index in [0.29, 0.717) is 32.6 Å². The number of Topliss-reactive ketones (excluding diaryl/α,β-unsaturated/α-hetero) is 1. The number of aromatic nitrogens is 3. The van der Waals surface area contributed by atoms with E-state index < -0.39 is 23.5 Å². The van der Waals surface area contributed by atoms with Crippen LogP contribution in [0.3, 0.4) is 0 Å². The Labute approximate surface area is 227 Å². The van der Waals surface area contributed by atoms with Gasteiger partial charge in [-0.3, -0.25) is 19.0 Å². The van der Waals surface area contributed by atoms with Crippen LogP contribution in [-0.4, -0.2) is 50.3 Å². The smallest absolute Gasteiger partial charge is 0.290 e. The molecule has 39 heavy (non-hydrogen) atoms. The van der Waals surface area contributed by atoms with Gasteiger partial charge in [-0.15, -0.1) is 0 Å². The van der Waals surface area contributed by atoms with Crippen molar-refractivity contribution in [2.45, 2.75) is 19.5 Å². The zero-order valence-electron chi connectivity index (χ0n) is 21.4. The molecule has 0 saturated carbocycles. The largest absolute Gasteiger partial charge is 0.503 e. The molecule has 1 aliphatic rings. The summed E-state index contributed by atoms with van der Waals surface area (Å²) < 4.78 is 12.8. The minimum atomic E-state index is -0.865. The molecule has 1 N–H and O–H groups in total. The summed E-state index contributed by atoms with van der Waals surface area (Å²) in [5.74, 6) is -0.677.